The smallest absolute Gasteiger partial charge is 0.411 e. The second-order valence-electron chi connectivity index (χ2n) is 7.77. The number of benzene rings is 2. The molecule has 1 aliphatic rings. The van der Waals surface area contributed by atoms with E-state index in [0.29, 0.717) is 11.6 Å². The van der Waals surface area contributed by atoms with Crippen LogP contribution in [0.25, 0.3) is 10.1 Å². The van der Waals surface area contributed by atoms with Crippen LogP contribution in [0.3, 0.4) is 0 Å². The molecule has 7 heteroatoms. The Kier molecular flexibility index (Phi) is 7.22. The number of rotatable bonds is 7. The zero-order valence-corrected chi connectivity index (χ0v) is 18.8. The molecule has 31 heavy (non-hydrogen) atoms. The van der Waals surface area contributed by atoms with Gasteiger partial charge in [-0.05, 0) is 85.6 Å². The Balaban J connectivity index is 1.13. The lowest BCUT2D eigenvalue weighted by Gasteiger charge is -2.31. The molecular formula is C24H25ClN2O3S. The van der Waals surface area contributed by atoms with Gasteiger partial charge in [0, 0.05) is 33.4 Å². The van der Waals surface area contributed by atoms with Crippen molar-refractivity contribution in [1.29, 1.82) is 0 Å². The molecule has 0 unspecified atom stereocenters. The number of likely N-dealkylation sites (tertiary alicyclic amines) is 1. The number of nitrogens with zero attached hydrogens (tertiary/aromatic N) is 1. The van der Waals surface area contributed by atoms with E-state index in [1.54, 1.807) is 35.6 Å². The summed E-state index contributed by atoms with van der Waals surface area (Å²) in [6.45, 7) is 3.00. The molecular weight excluding hydrogens is 432 g/mol. The molecule has 1 fully saturated rings. The minimum absolute atomic E-state index is 0.0696. The van der Waals surface area contributed by atoms with Gasteiger partial charge in [0.25, 0.3) is 0 Å². The van der Waals surface area contributed by atoms with Crippen molar-refractivity contribution in [2.24, 2.45) is 5.92 Å². The Morgan fingerprint density at radius 3 is 2.65 bits per heavy atom. The first-order chi connectivity index (χ1) is 15.1. The molecule has 1 N–H and O–H groups in total. The average Bonchev–Trinajstić information content (AvgIpc) is 3.25. The molecule has 0 radical (unpaired) electrons. The molecule has 0 bridgehead atoms. The van der Waals surface area contributed by atoms with Gasteiger partial charge in [-0.1, -0.05) is 17.7 Å². The molecule has 1 amide bonds. The van der Waals surface area contributed by atoms with Crippen LogP contribution in [0.4, 0.5) is 10.5 Å². The molecule has 1 aliphatic heterocycles. The molecule has 0 saturated carbocycles. The fraction of sp³-hybridized carbons (Fsp3) is 0.333. The lowest BCUT2D eigenvalue weighted by atomic mass is 9.89. The minimum atomic E-state index is -0.428. The molecule has 0 spiro atoms. The minimum Gasteiger partial charge on any atom is -0.449 e. The summed E-state index contributed by atoms with van der Waals surface area (Å²) in [4.78, 5) is 27.0. The standard InChI is InChI=1S/C24H25ClN2O3S/c25-20-5-2-18(3-6-20)23(28)19-8-12-27(13-9-19)11-1-14-30-24(29)26-21-7-4-17-10-15-31-22(17)16-21/h2-7,10,15-16,19H,1,8-9,11-14H2,(H,26,29). The second-order valence-corrected chi connectivity index (χ2v) is 9.16. The van der Waals surface area contributed by atoms with Crippen LogP contribution >= 0.6 is 22.9 Å². The third kappa shape index (κ3) is 5.85. The number of halogens is 1. The Hall–Kier alpha value is -2.41. The van der Waals surface area contributed by atoms with Gasteiger partial charge >= 0.3 is 6.09 Å². The quantitative estimate of drug-likeness (QED) is 0.345. The van der Waals surface area contributed by atoms with Crippen LogP contribution in [-0.4, -0.2) is 43.0 Å². The molecule has 0 aliphatic carbocycles. The molecule has 2 heterocycles. The van der Waals surface area contributed by atoms with Crippen LogP contribution < -0.4 is 5.32 Å². The van der Waals surface area contributed by atoms with Gasteiger partial charge in [-0.3, -0.25) is 10.1 Å². The highest BCUT2D eigenvalue weighted by molar-refractivity contribution is 7.17. The maximum atomic E-state index is 12.6. The first kappa shape index (κ1) is 21.8. The van der Waals surface area contributed by atoms with E-state index in [1.807, 2.05) is 23.6 Å². The summed E-state index contributed by atoms with van der Waals surface area (Å²) in [5.41, 5.74) is 1.48. The number of thiophene rings is 1. The van der Waals surface area contributed by atoms with Crippen LogP contribution in [0.1, 0.15) is 29.6 Å². The number of amides is 1. The van der Waals surface area contributed by atoms with Crippen molar-refractivity contribution in [3.63, 3.8) is 0 Å². The lowest BCUT2D eigenvalue weighted by molar-refractivity contribution is 0.0830. The molecule has 2 aromatic carbocycles. The summed E-state index contributed by atoms with van der Waals surface area (Å²) < 4.78 is 6.45. The molecule has 0 atom stereocenters. The number of hydrogen-bond donors (Lipinski definition) is 1. The molecule has 162 valence electrons. The van der Waals surface area contributed by atoms with Crippen molar-refractivity contribution in [3.05, 3.63) is 64.5 Å². The number of piperidine rings is 1. The normalized spacial score (nSPS) is 15.1. The van der Waals surface area contributed by atoms with E-state index in [2.05, 4.69) is 16.3 Å². The van der Waals surface area contributed by atoms with Crippen molar-refractivity contribution in [3.8, 4) is 0 Å². The number of Topliss-reactive ketones (excluding diaryl/α,β-unsaturated/α-hetero) is 1. The molecule has 1 saturated heterocycles. The Bertz CT molecular complexity index is 1040. The molecule has 1 aromatic heterocycles. The fourth-order valence-corrected chi connectivity index (χ4v) is 4.86. The number of hydrogen-bond acceptors (Lipinski definition) is 5. The van der Waals surface area contributed by atoms with Gasteiger partial charge in [-0.15, -0.1) is 11.3 Å². The van der Waals surface area contributed by atoms with Crippen LogP contribution in [-0.2, 0) is 4.74 Å². The third-order valence-electron chi connectivity index (χ3n) is 5.64. The topological polar surface area (TPSA) is 58.6 Å². The van der Waals surface area contributed by atoms with E-state index >= 15 is 0 Å². The summed E-state index contributed by atoms with van der Waals surface area (Å²) >= 11 is 7.55. The van der Waals surface area contributed by atoms with Crippen molar-refractivity contribution < 1.29 is 14.3 Å². The van der Waals surface area contributed by atoms with E-state index in [4.69, 9.17) is 16.3 Å². The van der Waals surface area contributed by atoms with Gasteiger partial charge in [0.15, 0.2) is 5.78 Å². The number of anilines is 1. The van der Waals surface area contributed by atoms with Gasteiger partial charge in [-0.25, -0.2) is 4.79 Å². The van der Waals surface area contributed by atoms with E-state index in [-0.39, 0.29) is 11.7 Å². The molecule has 3 aromatic rings. The summed E-state index contributed by atoms with van der Waals surface area (Å²) in [5.74, 6) is 0.275. The second kappa shape index (κ2) is 10.3. The van der Waals surface area contributed by atoms with E-state index in [0.717, 1.165) is 54.8 Å². The fourth-order valence-electron chi connectivity index (χ4n) is 3.91. The lowest BCUT2D eigenvalue weighted by Crippen LogP contribution is -2.37. The van der Waals surface area contributed by atoms with Crippen LogP contribution in [0.2, 0.25) is 5.02 Å². The monoisotopic (exact) mass is 456 g/mol. The maximum Gasteiger partial charge on any atom is 0.411 e. The predicted molar refractivity (Wildman–Crippen MR) is 126 cm³/mol. The molecule has 5 nitrogen and oxygen atoms in total. The SMILES string of the molecule is O=C(Nc1ccc2ccsc2c1)OCCCN1CCC(C(=O)c2ccc(Cl)cc2)CC1. The maximum absolute atomic E-state index is 12.6. The van der Waals surface area contributed by atoms with E-state index < -0.39 is 6.09 Å². The highest BCUT2D eigenvalue weighted by Crippen LogP contribution is 2.25. The Morgan fingerprint density at radius 2 is 1.87 bits per heavy atom. The van der Waals surface area contributed by atoms with Crippen LogP contribution in [0, 0.1) is 5.92 Å². The van der Waals surface area contributed by atoms with Crippen molar-refractivity contribution in [2.45, 2.75) is 19.3 Å². The van der Waals surface area contributed by atoms with Gasteiger partial charge in [-0.2, -0.15) is 0 Å². The van der Waals surface area contributed by atoms with Crippen molar-refractivity contribution >= 4 is 50.6 Å². The number of carbonyl (C=O) groups excluding carboxylic acids is 2. The number of ether oxygens (including phenoxy) is 1. The Labute approximate surface area is 191 Å². The van der Waals surface area contributed by atoms with Crippen molar-refractivity contribution in [1.82, 2.24) is 4.90 Å². The first-order valence-electron chi connectivity index (χ1n) is 10.5. The summed E-state index contributed by atoms with van der Waals surface area (Å²) in [5, 5.41) is 6.63. The van der Waals surface area contributed by atoms with Gasteiger partial charge in [0.1, 0.15) is 0 Å². The van der Waals surface area contributed by atoms with Gasteiger partial charge in [0.05, 0.1) is 6.61 Å². The number of ketones is 1. The summed E-state index contributed by atoms with van der Waals surface area (Å²) in [6, 6.07) is 15.0. The Morgan fingerprint density at radius 1 is 1.10 bits per heavy atom. The zero-order chi connectivity index (χ0) is 21.6. The predicted octanol–water partition coefficient (Wildman–Crippen LogP) is 6.09. The highest BCUT2D eigenvalue weighted by Gasteiger charge is 2.25. The summed E-state index contributed by atoms with van der Waals surface area (Å²) in [6.07, 6.45) is 2.05. The van der Waals surface area contributed by atoms with Crippen LogP contribution in [0.5, 0.6) is 0 Å². The number of carbonyl (C=O) groups is 2. The van der Waals surface area contributed by atoms with Gasteiger partial charge < -0.3 is 9.64 Å². The van der Waals surface area contributed by atoms with E-state index in [1.165, 1.54) is 5.39 Å². The number of fused-ring (bicyclic) bond motifs is 1. The van der Waals surface area contributed by atoms with E-state index in [9.17, 15) is 9.59 Å². The average molecular weight is 457 g/mol. The van der Waals surface area contributed by atoms with Crippen LogP contribution in [0.15, 0.2) is 53.9 Å². The highest BCUT2D eigenvalue weighted by atomic mass is 35.5. The number of nitrogens with one attached hydrogen (secondary N) is 1. The largest absolute Gasteiger partial charge is 0.449 e. The molecule has 4 rings (SSSR count). The first-order valence-corrected chi connectivity index (χ1v) is 11.8. The summed E-state index contributed by atoms with van der Waals surface area (Å²) in [7, 11) is 0. The third-order valence-corrected chi connectivity index (χ3v) is 6.77. The van der Waals surface area contributed by atoms with Gasteiger partial charge in [0.2, 0.25) is 0 Å². The zero-order valence-electron chi connectivity index (χ0n) is 17.2. The van der Waals surface area contributed by atoms with Crippen molar-refractivity contribution in [2.75, 3.05) is 31.6 Å².